The molecule has 1 rings (SSSR count). The van der Waals surface area contributed by atoms with Crippen LogP contribution in [0.4, 0.5) is 0 Å². The fraction of sp³-hybridized carbons (Fsp3) is 1.00. The molecule has 0 bridgehead atoms. The van der Waals surface area contributed by atoms with E-state index in [1.165, 1.54) is 0 Å². The predicted molar refractivity (Wildman–Crippen MR) is 37.0 cm³/mol. The summed E-state index contributed by atoms with van der Waals surface area (Å²) in [5, 5.41) is 0. The second-order valence-corrected chi connectivity index (χ2v) is 2.50. The highest BCUT2D eigenvalue weighted by molar-refractivity contribution is 4.73. The van der Waals surface area contributed by atoms with Gasteiger partial charge in [-0.25, -0.2) is 0 Å². The van der Waals surface area contributed by atoms with Crippen molar-refractivity contribution in [2.75, 3.05) is 27.4 Å². The zero-order valence-corrected chi connectivity index (χ0v) is 6.50. The molecule has 0 amide bonds. The lowest BCUT2D eigenvalue weighted by molar-refractivity contribution is 0.0193. The van der Waals surface area contributed by atoms with E-state index in [0.29, 0.717) is 12.7 Å². The van der Waals surface area contributed by atoms with Crippen molar-refractivity contribution in [3.05, 3.63) is 0 Å². The molecule has 1 aliphatic heterocycles. The second-order valence-electron chi connectivity index (χ2n) is 2.50. The third-order valence-corrected chi connectivity index (χ3v) is 1.61. The molecule has 0 aromatic carbocycles. The molecule has 10 heavy (non-hydrogen) atoms. The van der Waals surface area contributed by atoms with Crippen LogP contribution in [0, 0.1) is 0 Å². The lowest BCUT2D eigenvalue weighted by Gasteiger charge is -2.11. The van der Waals surface area contributed by atoms with Gasteiger partial charge < -0.3 is 14.2 Å². The molecule has 2 atom stereocenters. The van der Waals surface area contributed by atoms with Crippen molar-refractivity contribution in [2.24, 2.45) is 0 Å². The summed E-state index contributed by atoms with van der Waals surface area (Å²) in [4.78, 5) is 0. The molecular weight excluding hydrogens is 132 g/mol. The van der Waals surface area contributed by atoms with E-state index in [2.05, 4.69) is 0 Å². The van der Waals surface area contributed by atoms with Gasteiger partial charge in [-0.15, -0.1) is 0 Å². The van der Waals surface area contributed by atoms with Crippen LogP contribution in [0.5, 0.6) is 0 Å². The van der Waals surface area contributed by atoms with Crippen LogP contribution in [-0.4, -0.2) is 39.6 Å². The highest BCUT2D eigenvalue weighted by Gasteiger charge is 2.26. The molecule has 0 aromatic rings. The van der Waals surface area contributed by atoms with Crippen molar-refractivity contribution in [2.45, 2.75) is 18.6 Å². The molecule has 1 heterocycles. The minimum absolute atomic E-state index is 0.206. The van der Waals surface area contributed by atoms with Gasteiger partial charge in [0.2, 0.25) is 0 Å². The van der Waals surface area contributed by atoms with Crippen LogP contribution in [0.25, 0.3) is 0 Å². The van der Waals surface area contributed by atoms with Crippen molar-refractivity contribution >= 4 is 0 Å². The lowest BCUT2D eigenvalue weighted by Crippen LogP contribution is -2.19. The average Bonchev–Trinajstić information content (AvgIpc) is 2.71. The summed E-state index contributed by atoms with van der Waals surface area (Å²) < 4.78 is 15.1. The van der Waals surface area contributed by atoms with Crippen LogP contribution in [0.1, 0.15) is 6.42 Å². The molecule has 3 nitrogen and oxygen atoms in total. The van der Waals surface area contributed by atoms with Crippen molar-refractivity contribution < 1.29 is 14.2 Å². The van der Waals surface area contributed by atoms with Crippen LogP contribution in [0.3, 0.4) is 0 Å². The summed E-state index contributed by atoms with van der Waals surface area (Å²) in [5.41, 5.74) is 0. The zero-order chi connectivity index (χ0) is 7.40. The highest BCUT2D eigenvalue weighted by Crippen LogP contribution is 2.16. The molecule has 3 heteroatoms. The van der Waals surface area contributed by atoms with E-state index in [1.54, 1.807) is 14.2 Å². The minimum atomic E-state index is 0.206. The zero-order valence-electron chi connectivity index (χ0n) is 6.50. The number of hydrogen-bond acceptors (Lipinski definition) is 3. The molecule has 60 valence electrons. The first-order valence-electron chi connectivity index (χ1n) is 3.50. The monoisotopic (exact) mass is 146 g/mol. The molecule has 0 aromatic heterocycles. The van der Waals surface area contributed by atoms with Crippen molar-refractivity contribution in [3.63, 3.8) is 0 Å². The Morgan fingerprint density at radius 3 is 2.70 bits per heavy atom. The Kier molecular flexibility index (Phi) is 3.12. The first kappa shape index (κ1) is 7.98. The van der Waals surface area contributed by atoms with Gasteiger partial charge in [0.05, 0.1) is 25.4 Å². The van der Waals surface area contributed by atoms with Crippen molar-refractivity contribution in [1.29, 1.82) is 0 Å². The Hall–Kier alpha value is -0.120. The van der Waals surface area contributed by atoms with E-state index < -0.39 is 0 Å². The maximum atomic E-state index is 5.14. The first-order chi connectivity index (χ1) is 4.86. The molecule has 1 saturated heterocycles. The molecule has 0 N–H and O–H groups in total. The third-order valence-electron chi connectivity index (χ3n) is 1.61. The first-order valence-corrected chi connectivity index (χ1v) is 3.50. The van der Waals surface area contributed by atoms with Gasteiger partial charge in [0, 0.05) is 20.6 Å². The standard InChI is InChI=1S/C7H14O3/c1-8-4-6(9-2)3-7-5-10-7/h6-7H,3-5H2,1-2H3. The van der Waals surface area contributed by atoms with E-state index in [-0.39, 0.29) is 6.10 Å². The summed E-state index contributed by atoms with van der Waals surface area (Å²) in [5.74, 6) is 0. The summed E-state index contributed by atoms with van der Waals surface area (Å²) in [6.45, 7) is 1.56. The fourth-order valence-electron chi connectivity index (χ4n) is 0.916. The summed E-state index contributed by atoms with van der Waals surface area (Å²) in [6.07, 6.45) is 1.60. The van der Waals surface area contributed by atoms with Gasteiger partial charge in [-0.3, -0.25) is 0 Å². The van der Waals surface area contributed by atoms with Crippen LogP contribution < -0.4 is 0 Å². The van der Waals surface area contributed by atoms with Gasteiger partial charge in [0.15, 0.2) is 0 Å². The lowest BCUT2D eigenvalue weighted by atomic mass is 10.2. The van der Waals surface area contributed by atoms with Crippen LogP contribution >= 0.6 is 0 Å². The van der Waals surface area contributed by atoms with E-state index in [9.17, 15) is 0 Å². The molecule has 0 aliphatic carbocycles. The fourth-order valence-corrected chi connectivity index (χ4v) is 0.916. The van der Waals surface area contributed by atoms with Gasteiger partial charge in [-0.1, -0.05) is 0 Å². The second kappa shape index (κ2) is 3.91. The number of hydrogen-bond donors (Lipinski definition) is 0. The number of epoxide rings is 1. The normalized spacial score (nSPS) is 26.4. The molecule has 0 radical (unpaired) electrons. The Balaban J connectivity index is 2.05. The van der Waals surface area contributed by atoms with E-state index in [1.807, 2.05) is 0 Å². The summed E-state index contributed by atoms with van der Waals surface area (Å²) in [6, 6.07) is 0. The SMILES string of the molecule is COCC(CC1CO1)OC. The van der Waals surface area contributed by atoms with E-state index in [4.69, 9.17) is 14.2 Å². The largest absolute Gasteiger partial charge is 0.382 e. The maximum Gasteiger partial charge on any atom is 0.0835 e. The van der Waals surface area contributed by atoms with Crippen LogP contribution in [0.2, 0.25) is 0 Å². The smallest absolute Gasteiger partial charge is 0.0835 e. The number of methoxy groups -OCH3 is 2. The summed E-state index contributed by atoms with van der Waals surface area (Å²) in [7, 11) is 3.38. The maximum absolute atomic E-state index is 5.14. The Morgan fingerprint density at radius 2 is 2.30 bits per heavy atom. The topological polar surface area (TPSA) is 31.0 Å². The molecule has 0 spiro atoms. The van der Waals surface area contributed by atoms with E-state index in [0.717, 1.165) is 13.0 Å². The number of rotatable bonds is 5. The quantitative estimate of drug-likeness (QED) is 0.527. The van der Waals surface area contributed by atoms with E-state index >= 15 is 0 Å². The predicted octanol–water partition coefficient (Wildman–Crippen LogP) is 0.437. The molecular formula is C7H14O3. The molecule has 2 unspecified atom stereocenters. The Bertz CT molecular complexity index is 90.9. The average molecular weight is 146 g/mol. The van der Waals surface area contributed by atoms with Gasteiger partial charge in [-0.05, 0) is 0 Å². The van der Waals surface area contributed by atoms with Crippen molar-refractivity contribution in [3.8, 4) is 0 Å². The van der Waals surface area contributed by atoms with Gasteiger partial charge in [0.25, 0.3) is 0 Å². The molecule has 0 saturated carbocycles. The molecule has 1 aliphatic rings. The Morgan fingerprint density at radius 1 is 1.60 bits per heavy atom. The molecule has 1 fully saturated rings. The van der Waals surface area contributed by atoms with Gasteiger partial charge in [-0.2, -0.15) is 0 Å². The summed E-state index contributed by atoms with van der Waals surface area (Å²) >= 11 is 0. The third kappa shape index (κ3) is 2.64. The number of ether oxygens (including phenoxy) is 3. The van der Waals surface area contributed by atoms with Gasteiger partial charge >= 0.3 is 0 Å². The van der Waals surface area contributed by atoms with Crippen molar-refractivity contribution in [1.82, 2.24) is 0 Å². The minimum Gasteiger partial charge on any atom is -0.382 e. The Labute approximate surface area is 61.3 Å². The highest BCUT2D eigenvalue weighted by atomic mass is 16.6. The van der Waals surface area contributed by atoms with Gasteiger partial charge in [0.1, 0.15) is 0 Å². The van der Waals surface area contributed by atoms with Crippen LogP contribution in [0.15, 0.2) is 0 Å². The van der Waals surface area contributed by atoms with Crippen LogP contribution in [-0.2, 0) is 14.2 Å².